The molecule has 174 valence electrons. The summed E-state index contributed by atoms with van der Waals surface area (Å²) in [6.45, 7) is 4.68. The number of carbonyl (C=O) groups is 4. The van der Waals surface area contributed by atoms with E-state index in [1.54, 1.807) is 45.0 Å². The van der Waals surface area contributed by atoms with E-state index in [2.05, 4.69) is 33.9 Å². The van der Waals surface area contributed by atoms with E-state index < -0.39 is 48.1 Å². The molecule has 2 N–H and O–H groups in total. The summed E-state index contributed by atoms with van der Waals surface area (Å²) in [6, 6.07) is 4.35. The highest BCUT2D eigenvalue weighted by molar-refractivity contribution is 7.80. The number of esters is 1. The number of alkyl carbamates (subject to hydrolysis) is 1. The molecule has 2 atom stereocenters. The molecule has 1 aromatic carbocycles. The number of amides is 3. The predicted molar refractivity (Wildman–Crippen MR) is 122 cm³/mol. The molecule has 1 rings (SSSR count). The first-order valence-corrected chi connectivity index (χ1v) is 10.4. The quantitative estimate of drug-likeness (QED) is 0.304. The Kier molecular flexibility index (Phi) is 10.1. The second kappa shape index (κ2) is 12.0. The lowest BCUT2D eigenvalue weighted by Gasteiger charge is -2.31. The summed E-state index contributed by atoms with van der Waals surface area (Å²) in [6.07, 6.45) is 4.78. The molecule has 32 heavy (non-hydrogen) atoms. The van der Waals surface area contributed by atoms with Crippen LogP contribution in [0.15, 0.2) is 24.3 Å². The molecule has 9 nitrogen and oxygen atoms in total. The van der Waals surface area contributed by atoms with Crippen LogP contribution in [0.2, 0.25) is 0 Å². The smallest absolute Gasteiger partial charge is 0.408 e. The number of carbonyl (C=O) groups excluding carboxylic acids is 4. The molecule has 0 aliphatic rings. The van der Waals surface area contributed by atoms with E-state index in [1.807, 2.05) is 0 Å². The molecule has 0 heterocycles. The van der Waals surface area contributed by atoms with E-state index in [1.165, 1.54) is 14.2 Å². The Labute approximate surface area is 193 Å². The summed E-state index contributed by atoms with van der Waals surface area (Å²) in [5.74, 6) is 0.535. The number of thiol groups is 1. The number of hydrogen-bond acceptors (Lipinski definition) is 7. The van der Waals surface area contributed by atoms with Crippen LogP contribution in [0.25, 0.3) is 0 Å². The molecule has 0 saturated heterocycles. The normalized spacial score (nSPS) is 12.5. The van der Waals surface area contributed by atoms with Gasteiger partial charge in [-0.05, 0) is 32.4 Å². The highest BCUT2D eigenvalue weighted by atomic mass is 32.1. The fourth-order valence-electron chi connectivity index (χ4n) is 2.73. The van der Waals surface area contributed by atoms with Crippen molar-refractivity contribution in [1.82, 2.24) is 15.5 Å². The summed E-state index contributed by atoms with van der Waals surface area (Å²) in [5.41, 5.74) is 0.0127. The minimum absolute atomic E-state index is 0.0459. The fraction of sp³-hybridized carbons (Fsp3) is 0.455. The molecule has 1 aromatic rings. The summed E-state index contributed by atoms with van der Waals surface area (Å²) < 4.78 is 9.73. The van der Waals surface area contributed by atoms with Crippen LogP contribution >= 0.6 is 12.6 Å². The number of nitrogens with one attached hydrogen (secondary N) is 2. The van der Waals surface area contributed by atoms with Gasteiger partial charge in [-0.25, -0.2) is 4.79 Å². The zero-order valence-electron chi connectivity index (χ0n) is 18.8. The van der Waals surface area contributed by atoms with Crippen LogP contribution in [0, 0.1) is 12.3 Å². The lowest BCUT2D eigenvalue weighted by Crippen LogP contribution is -2.52. The number of rotatable bonds is 8. The van der Waals surface area contributed by atoms with E-state index in [4.69, 9.17) is 11.2 Å². The van der Waals surface area contributed by atoms with Crippen molar-refractivity contribution >= 4 is 36.5 Å². The van der Waals surface area contributed by atoms with Gasteiger partial charge in [0.1, 0.15) is 24.2 Å². The van der Waals surface area contributed by atoms with Gasteiger partial charge in [0.15, 0.2) is 0 Å². The van der Waals surface area contributed by atoms with Gasteiger partial charge in [-0.2, -0.15) is 12.6 Å². The second-order valence-electron chi connectivity index (χ2n) is 7.76. The zero-order chi connectivity index (χ0) is 24.5. The molecule has 0 aliphatic heterocycles. The van der Waals surface area contributed by atoms with Crippen LogP contribution in [0.3, 0.4) is 0 Å². The van der Waals surface area contributed by atoms with Gasteiger partial charge in [-0.15, -0.1) is 6.42 Å². The van der Waals surface area contributed by atoms with E-state index in [0.717, 1.165) is 4.90 Å². The summed E-state index contributed by atoms with van der Waals surface area (Å²) >= 11 is 4.15. The summed E-state index contributed by atoms with van der Waals surface area (Å²) in [5, 5.41) is 4.90. The molecular weight excluding hydrogens is 434 g/mol. The molecule has 3 amide bonds. The average Bonchev–Trinajstić information content (AvgIpc) is 2.74. The Morgan fingerprint density at radius 3 is 2.38 bits per heavy atom. The van der Waals surface area contributed by atoms with Gasteiger partial charge in [0.05, 0.1) is 7.11 Å². The number of terminal acetylenes is 1. The Hall–Kier alpha value is -3.19. The molecule has 0 aromatic heterocycles. The Morgan fingerprint density at radius 2 is 1.84 bits per heavy atom. The number of ether oxygens (including phenoxy) is 2. The van der Waals surface area contributed by atoms with Gasteiger partial charge in [-0.3, -0.25) is 14.4 Å². The minimum atomic E-state index is -1.18. The van der Waals surface area contributed by atoms with Gasteiger partial charge >= 0.3 is 12.1 Å². The highest BCUT2D eigenvalue weighted by Crippen LogP contribution is 2.24. The first kappa shape index (κ1) is 26.8. The highest BCUT2D eigenvalue weighted by Gasteiger charge is 2.34. The van der Waals surface area contributed by atoms with Crippen LogP contribution in [-0.4, -0.2) is 66.9 Å². The second-order valence-corrected chi connectivity index (χ2v) is 8.12. The lowest BCUT2D eigenvalue weighted by molar-refractivity contribution is -0.143. The summed E-state index contributed by atoms with van der Waals surface area (Å²) in [7, 11) is 2.58. The lowest BCUT2D eigenvalue weighted by atomic mass is 9.98. The van der Waals surface area contributed by atoms with Crippen molar-refractivity contribution in [2.24, 2.45) is 0 Å². The van der Waals surface area contributed by atoms with Crippen molar-refractivity contribution in [3.05, 3.63) is 35.4 Å². The molecule has 0 aliphatic carbocycles. The number of nitrogens with zero attached hydrogens (tertiary/aromatic N) is 1. The third kappa shape index (κ3) is 7.81. The van der Waals surface area contributed by atoms with Crippen molar-refractivity contribution in [1.29, 1.82) is 0 Å². The zero-order valence-corrected chi connectivity index (χ0v) is 19.7. The number of methoxy groups -OCH3 is 1. The third-order valence-corrected chi connectivity index (χ3v) is 4.57. The minimum Gasteiger partial charge on any atom is -0.468 e. The average molecular weight is 464 g/mol. The number of likely N-dealkylation sites (N-methyl/N-ethyl adjacent to an activating group) is 1. The Morgan fingerprint density at radius 1 is 1.22 bits per heavy atom. The molecule has 0 bridgehead atoms. The molecular formula is C22H29N3O6S. The van der Waals surface area contributed by atoms with E-state index >= 15 is 0 Å². The first-order chi connectivity index (χ1) is 14.9. The standard InChI is InChI=1S/C22H29N3O6S/c1-7-14-10-8-9-11-15(14)18(19(27)23-12-17(26)30-6)25(5)20(28)16(13-32)24-21(29)31-22(2,3)4/h1,8-11,16,18,32H,12-13H2,2-6H3,(H,23,27)(H,24,29). The molecule has 0 radical (unpaired) electrons. The van der Waals surface area contributed by atoms with Gasteiger partial charge in [0.25, 0.3) is 0 Å². The largest absolute Gasteiger partial charge is 0.468 e. The topological polar surface area (TPSA) is 114 Å². The SMILES string of the molecule is C#Cc1ccccc1C(C(=O)NCC(=O)OC)N(C)C(=O)C(CS)NC(=O)OC(C)(C)C. The monoisotopic (exact) mass is 463 g/mol. The van der Waals surface area contributed by atoms with Crippen molar-refractivity contribution in [2.75, 3.05) is 26.5 Å². The van der Waals surface area contributed by atoms with Crippen LogP contribution in [0.4, 0.5) is 4.79 Å². The maximum absolute atomic E-state index is 13.2. The van der Waals surface area contributed by atoms with Crippen molar-refractivity contribution in [2.45, 2.75) is 38.5 Å². The predicted octanol–water partition coefficient (Wildman–Crippen LogP) is 1.28. The van der Waals surface area contributed by atoms with Gasteiger partial charge < -0.3 is 25.0 Å². The van der Waals surface area contributed by atoms with Crippen LogP contribution in [0.5, 0.6) is 0 Å². The third-order valence-electron chi connectivity index (χ3n) is 4.20. The van der Waals surface area contributed by atoms with Crippen molar-refractivity contribution in [3.8, 4) is 12.3 Å². The Balaban J connectivity index is 3.22. The Bertz CT molecular complexity index is 890. The maximum Gasteiger partial charge on any atom is 0.408 e. The molecule has 10 heteroatoms. The molecule has 0 saturated carbocycles. The van der Waals surface area contributed by atoms with Gasteiger partial charge in [0.2, 0.25) is 11.8 Å². The van der Waals surface area contributed by atoms with E-state index in [9.17, 15) is 19.2 Å². The van der Waals surface area contributed by atoms with Crippen LogP contribution in [-0.2, 0) is 23.9 Å². The fourth-order valence-corrected chi connectivity index (χ4v) is 2.98. The van der Waals surface area contributed by atoms with Crippen molar-refractivity contribution < 1.29 is 28.7 Å². The number of hydrogen-bond donors (Lipinski definition) is 3. The van der Waals surface area contributed by atoms with E-state index in [0.29, 0.717) is 11.1 Å². The maximum atomic E-state index is 13.2. The van der Waals surface area contributed by atoms with E-state index in [-0.39, 0.29) is 5.75 Å². The number of benzene rings is 1. The van der Waals surface area contributed by atoms with Crippen LogP contribution < -0.4 is 10.6 Å². The summed E-state index contributed by atoms with van der Waals surface area (Å²) in [4.78, 5) is 50.9. The molecule has 2 unspecified atom stereocenters. The molecule has 0 fully saturated rings. The molecule has 0 spiro atoms. The van der Waals surface area contributed by atoms with Gasteiger partial charge in [-0.1, -0.05) is 24.1 Å². The first-order valence-electron chi connectivity index (χ1n) is 9.72. The van der Waals surface area contributed by atoms with Gasteiger partial charge in [0, 0.05) is 18.4 Å². The van der Waals surface area contributed by atoms with Crippen LogP contribution in [0.1, 0.15) is 37.9 Å². The van der Waals surface area contributed by atoms with Crippen molar-refractivity contribution in [3.63, 3.8) is 0 Å².